The molecule has 28 heavy (non-hydrogen) atoms. The summed E-state index contributed by atoms with van der Waals surface area (Å²) >= 11 is 0. The van der Waals surface area contributed by atoms with E-state index < -0.39 is 5.91 Å². The summed E-state index contributed by atoms with van der Waals surface area (Å²) < 4.78 is 12.4. The molecule has 1 N–H and O–H groups in total. The van der Waals surface area contributed by atoms with Gasteiger partial charge >= 0.3 is 0 Å². The SMILES string of the molecule is CC(=O)c1ccc(Cn2cc(NC(=O)c3ncoc3-c3ccncc3)cn2)o1. The summed E-state index contributed by atoms with van der Waals surface area (Å²) in [5, 5.41) is 6.92. The second kappa shape index (κ2) is 7.31. The number of oxazole rings is 1. The van der Waals surface area contributed by atoms with Gasteiger partial charge in [0.2, 0.25) is 0 Å². The quantitative estimate of drug-likeness (QED) is 0.513. The second-order valence-electron chi connectivity index (χ2n) is 5.97. The number of carbonyl (C=O) groups excluding carboxylic acids is 2. The van der Waals surface area contributed by atoms with Gasteiger partial charge in [-0.2, -0.15) is 5.10 Å². The molecule has 4 heterocycles. The normalized spacial score (nSPS) is 10.8. The van der Waals surface area contributed by atoms with E-state index >= 15 is 0 Å². The zero-order valence-corrected chi connectivity index (χ0v) is 14.8. The lowest BCUT2D eigenvalue weighted by Gasteiger charge is -2.02. The predicted molar refractivity (Wildman–Crippen MR) is 97.7 cm³/mol. The van der Waals surface area contributed by atoms with Crippen molar-refractivity contribution in [3.63, 3.8) is 0 Å². The van der Waals surface area contributed by atoms with Crippen LogP contribution in [0.1, 0.15) is 33.7 Å². The van der Waals surface area contributed by atoms with Gasteiger partial charge in [0, 0.05) is 31.1 Å². The van der Waals surface area contributed by atoms with Gasteiger partial charge in [0.15, 0.2) is 29.4 Å². The van der Waals surface area contributed by atoms with E-state index in [0.717, 1.165) is 0 Å². The van der Waals surface area contributed by atoms with E-state index in [9.17, 15) is 9.59 Å². The average Bonchev–Trinajstić information content (AvgIpc) is 3.43. The number of furan rings is 1. The topological polar surface area (TPSA) is 116 Å². The zero-order chi connectivity index (χ0) is 19.5. The van der Waals surface area contributed by atoms with Crippen molar-refractivity contribution in [1.82, 2.24) is 19.7 Å². The molecule has 0 saturated heterocycles. The van der Waals surface area contributed by atoms with E-state index in [4.69, 9.17) is 8.83 Å². The van der Waals surface area contributed by atoms with Crippen molar-refractivity contribution in [3.05, 3.63) is 72.7 Å². The summed E-state index contributed by atoms with van der Waals surface area (Å²) in [5.74, 6) is 0.682. The van der Waals surface area contributed by atoms with E-state index in [1.165, 1.54) is 19.5 Å². The van der Waals surface area contributed by atoms with Crippen LogP contribution in [-0.4, -0.2) is 31.4 Å². The van der Waals surface area contributed by atoms with Gasteiger partial charge in [0.1, 0.15) is 5.76 Å². The number of nitrogens with one attached hydrogen (secondary N) is 1. The molecule has 4 aromatic rings. The highest BCUT2D eigenvalue weighted by molar-refractivity contribution is 6.06. The highest BCUT2D eigenvalue weighted by Crippen LogP contribution is 2.23. The molecule has 0 bridgehead atoms. The molecule has 9 heteroatoms. The molecule has 0 unspecified atom stereocenters. The lowest BCUT2D eigenvalue weighted by molar-refractivity contribution is 0.0983. The lowest BCUT2D eigenvalue weighted by Crippen LogP contribution is -2.13. The lowest BCUT2D eigenvalue weighted by atomic mass is 10.1. The molecule has 0 aliphatic rings. The van der Waals surface area contributed by atoms with Crippen LogP contribution in [0.4, 0.5) is 5.69 Å². The average molecular weight is 377 g/mol. The molecular weight excluding hydrogens is 362 g/mol. The first-order chi connectivity index (χ1) is 13.6. The molecule has 0 atom stereocenters. The zero-order valence-electron chi connectivity index (χ0n) is 14.8. The van der Waals surface area contributed by atoms with E-state index in [1.54, 1.807) is 47.5 Å². The number of Topliss-reactive ketones (excluding diaryl/α,β-unsaturated/α-hetero) is 1. The first-order valence-corrected chi connectivity index (χ1v) is 8.37. The maximum absolute atomic E-state index is 12.6. The molecular formula is C19H15N5O4. The number of amides is 1. The standard InChI is InChI=1S/C19H15N5O4/c1-12(25)16-3-2-15(28-16)10-24-9-14(8-22-24)23-19(26)17-18(27-11-21-17)13-4-6-20-7-5-13/h2-9,11H,10H2,1H3,(H,23,26). The van der Waals surface area contributed by atoms with Crippen LogP contribution in [0.25, 0.3) is 11.3 Å². The first kappa shape index (κ1) is 17.4. The van der Waals surface area contributed by atoms with Gasteiger partial charge in [-0.05, 0) is 24.3 Å². The van der Waals surface area contributed by atoms with Crippen LogP contribution >= 0.6 is 0 Å². The smallest absolute Gasteiger partial charge is 0.278 e. The van der Waals surface area contributed by atoms with Crippen molar-refractivity contribution in [2.45, 2.75) is 13.5 Å². The number of aromatic nitrogens is 4. The number of ketones is 1. The molecule has 0 spiro atoms. The summed E-state index contributed by atoms with van der Waals surface area (Å²) in [6.07, 6.45) is 7.60. The molecule has 4 aromatic heterocycles. The monoisotopic (exact) mass is 377 g/mol. The minimum Gasteiger partial charge on any atom is -0.456 e. The molecule has 9 nitrogen and oxygen atoms in total. The molecule has 0 aliphatic heterocycles. The van der Waals surface area contributed by atoms with Gasteiger partial charge < -0.3 is 14.2 Å². The van der Waals surface area contributed by atoms with Gasteiger partial charge in [-0.15, -0.1) is 0 Å². The Morgan fingerprint density at radius 2 is 2.00 bits per heavy atom. The van der Waals surface area contributed by atoms with Crippen molar-refractivity contribution in [2.75, 3.05) is 5.32 Å². The summed E-state index contributed by atoms with van der Waals surface area (Å²) in [4.78, 5) is 31.8. The van der Waals surface area contributed by atoms with Crippen molar-refractivity contribution in [3.8, 4) is 11.3 Å². The number of pyridine rings is 1. The van der Waals surface area contributed by atoms with Crippen LogP contribution in [0.2, 0.25) is 0 Å². The fourth-order valence-electron chi connectivity index (χ4n) is 2.63. The maximum atomic E-state index is 12.6. The van der Waals surface area contributed by atoms with Crippen LogP contribution in [0.5, 0.6) is 0 Å². The third-order valence-electron chi connectivity index (χ3n) is 3.94. The number of nitrogens with zero attached hydrogens (tertiary/aromatic N) is 4. The number of anilines is 1. The van der Waals surface area contributed by atoms with E-state index in [2.05, 4.69) is 20.4 Å². The van der Waals surface area contributed by atoms with Gasteiger partial charge in [0.05, 0.1) is 18.4 Å². The number of hydrogen-bond acceptors (Lipinski definition) is 7. The maximum Gasteiger partial charge on any atom is 0.278 e. The van der Waals surface area contributed by atoms with Gasteiger partial charge in [0.25, 0.3) is 5.91 Å². The fourth-order valence-corrected chi connectivity index (χ4v) is 2.63. The van der Waals surface area contributed by atoms with Crippen molar-refractivity contribution in [1.29, 1.82) is 0 Å². The molecule has 4 rings (SSSR count). The largest absolute Gasteiger partial charge is 0.456 e. The Morgan fingerprint density at radius 3 is 2.75 bits per heavy atom. The van der Waals surface area contributed by atoms with E-state index in [1.807, 2.05) is 0 Å². The first-order valence-electron chi connectivity index (χ1n) is 8.37. The highest BCUT2D eigenvalue weighted by Gasteiger charge is 2.19. The number of rotatable bonds is 6. The Kier molecular flexibility index (Phi) is 4.55. The van der Waals surface area contributed by atoms with Gasteiger partial charge in [-0.25, -0.2) is 4.98 Å². The molecule has 0 aliphatic carbocycles. The van der Waals surface area contributed by atoms with Crippen LogP contribution in [0, 0.1) is 0 Å². The van der Waals surface area contributed by atoms with Crippen LogP contribution in [0.15, 0.2) is 64.3 Å². The summed E-state index contributed by atoms with van der Waals surface area (Å²) in [7, 11) is 0. The van der Waals surface area contributed by atoms with E-state index in [0.29, 0.717) is 35.1 Å². The van der Waals surface area contributed by atoms with Gasteiger partial charge in [-0.3, -0.25) is 19.3 Å². The number of hydrogen-bond donors (Lipinski definition) is 1. The fraction of sp³-hybridized carbons (Fsp3) is 0.105. The minimum atomic E-state index is -0.419. The molecule has 0 aromatic carbocycles. The van der Waals surface area contributed by atoms with Crippen LogP contribution < -0.4 is 5.32 Å². The summed E-state index contributed by atoms with van der Waals surface area (Å²) in [6, 6.07) is 6.80. The highest BCUT2D eigenvalue weighted by atomic mass is 16.3. The molecule has 140 valence electrons. The number of carbonyl (C=O) groups is 2. The van der Waals surface area contributed by atoms with Gasteiger partial charge in [-0.1, -0.05) is 0 Å². The van der Waals surface area contributed by atoms with Crippen molar-refractivity contribution >= 4 is 17.4 Å². The summed E-state index contributed by atoms with van der Waals surface area (Å²) in [6.45, 7) is 1.77. The van der Waals surface area contributed by atoms with E-state index in [-0.39, 0.29) is 11.5 Å². The molecule has 0 saturated carbocycles. The second-order valence-corrected chi connectivity index (χ2v) is 5.97. The molecule has 0 fully saturated rings. The third-order valence-corrected chi connectivity index (χ3v) is 3.94. The minimum absolute atomic E-state index is 0.141. The van der Waals surface area contributed by atoms with Crippen LogP contribution in [0.3, 0.4) is 0 Å². The van der Waals surface area contributed by atoms with Crippen molar-refractivity contribution in [2.24, 2.45) is 0 Å². The third kappa shape index (κ3) is 3.58. The summed E-state index contributed by atoms with van der Waals surface area (Å²) in [5.41, 5.74) is 1.36. The Hall–Kier alpha value is -4.01. The Labute approximate surface area is 159 Å². The Morgan fingerprint density at radius 1 is 1.18 bits per heavy atom. The van der Waals surface area contributed by atoms with Crippen molar-refractivity contribution < 1.29 is 18.4 Å². The van der Waals surface area contributed by atoms with Crippen LogP contribution in [-0.2, 0) is 6.54 Å². The Bertz CT molecular complexity index is 1130. The predicted octanol–water partition coefficient (Wildman–Crippen LogP) is 3.03. The Balaban J connectivity index is 1.46. The molecule has 0 radical (unpaired) electrons. The molecule has 1 amide bonds.